The average molecular weight is 399 g/mol. The minimum Gasteiger partial charge on any atom is -0.393 e. The summed E-state index contributed by atoms with van der Waals surface area (Å²) in [4.78, 5) is 0. The zero-order valence-corrected chi connectivity index (χ0v) is 19.8. The highest BCUT2D eigenvalue weighted by molar-refractivity contribution is 5.36. The lowest BCUT2D eigenvalue weighted by Gasteiger charge is -2.44. The van der Waals surface area contributed by atoms with E-state index >= 15 is 0 Å². The van der Waals surface area contributed by atoms with Crippen LogP contribution < -0.4 is 0 Å². The van der Waals surface area contributed by atoms with Gasteiger partial charge in [-0.2, -0.15) is 0 Å². The van der Waals surface area contributed by atoms with Crippen LogP contribution in [-0.2, 0) is 0 Å². The maximum Gasteiger partial charge on any atom is 0.0583 e. The number of hydrogen-bond donors (Lipinski definition) is 1. The van der Waals surface area contributed by atoms with E-state index in [1.165, 1.54) is 56.1 Å². The summed E-state index contributed by atoms with van der Waals surface area (Å²) in [5.74, 6) is 4.14. The number of hydrogen-bond acceptors (Lipinski definition) is 1. The van der Waals surface area contributed by atoms with Crippen molar-refractivity contribution in [3.05, 3.63) is 35.5 Å². The monoisotopic (exact) mass is 398 g/mol. The van der Waals surface area contributed by atoms with Crippen molar-refractivity contribution in [2.45, 2.75) is 105 Å². The SMILES string of the molecule is C=C1CC[C@H](O)CC1=CC=C1CCC[C@]2(C)[C@@H](C(C)CC[C@@H](C)C(C)C)CC[C@@H]12. The molecule has 1 nitrogen and oxygen atoms in total. The Morgan fingerprint density at radius 2 is 1.83 bits per heavy atom. The maximum absolute atomic E-state index is 10.0. The molecule has 1 heteroatoms. The van der Waals surface area contributed by atoms with Crippen molar-refractivity contribution in [1.82, 2.24) is 0 Å². The van der Waals surface area contributed by atoms with E-state index in [1.807, 2.05) is 0 Å². The zero-order chi connectivity index (χ0) is 21.2. The van der Waals surface area contributed by atoms with Crippen LogP contribution in [0.15, 0.2) is 35.5 Å². The number of rotatable bonds is 6. The summed E-state index contributed by atoms with van der Waals surface area (Å²) < 4.78 is 0. The van der Waals surface area contributed by atoms with Crippen molar-refractivity contribution in [3.63, 3.8) is 0 Å². The molecular weight excluding hydrogens is 352 g/mol. The molecule has 1 N–H and O–H groups in total. The van der Waals surface area contributed by atoms with E-state index in [0.717, 1.165) is 48.9 Å². The summed E-state index contributed by atoms with van der Waals surface area (Å²) in [6, 6.07) is 0. The highest BCUT2D eigenvalue weighted by Gasteiger charge is 2.50. The summed E-state index contributed by atoms with van der Waals surface area (Å²) in [5, 5.41) is 10.0. The van der Waals surface area contributed by atoms with Gasteiger partial charge in [-0.1, -0.05) is 77.3 Å². The lowest BCUT2D eigenvalue weighted by Crippen LogP contribution is -2.36. The summed E-state index contributed by atoms with van der Waals surface area (Å²) >= 11 is 0. The van der Waals surface area contributed by atoms with Crippen LogP contribution in [0.1, 0.15) is 98.8 Å². The molecule has 3 fully saturated rings. The van der Waals surface area contributed by atoms with Crippen LogP contribution in [-0.4, -0.2) is 11.2 Å². The van der Waals surface area contributed by atoms with Crippen molar-refractivity contribution in [2.24, 2.45) is 35.0 Å². The molecular formula is C28H46O. The highest BCUT2D eigenvalue weighted by atomic mass is 16.3. The largest absolute Gasteiger partial charge is 0.393 e. The smallest absolute Gasteiger partial charge is 0.0583 e. The van der Waals surface area contributed by atoms with Gasteiger partial charge in [0.1, 0.15) is 0 Å². The Morgan fingerprint density at radius 3 is 2.55 bits per heavy atom. The van der Waals surface area contributed by atoms with E-state index in [2.05, 4.69) is 53.3 Å². The molecule has 0 aromatic carbocycles. The van der Waals surface area contributed by atoms with Crippen LogP contribution in [0.4, 0.5) is 0 Å². The fourth-order valence-electron chi connectivity index (χ4n) is 6.67. The van der Waals surface area contributed by atoms with Crippen molar-refractivity contribution >= 4 is 0 Å². The zero-order valence-electron chi connectivity index (χ0n) is 19.8. The van der Waals surface area contributed by atoms with E-state index in [1.54, 1.807) is 5.57 Å². The number of aliphatic hydroxyl groups is 1. The molecule has 0 aromatic rings. The first-order valence-corrected chi connectivity index (χ1v) is 12.5. The predicted molar refractivity (Wildman–Crippen MR) is 126 cm³/mol. The fourth-order valence-corrected chi connectivity index (χ4v) is 6.67. The first-order chi connectivity index (χ1) is 13.7. The molecule has 0 saturated heterocycles. The highest BCUT2D eigenvalue weighted by Crippen LogP contribution is 2.60. The second-order valence-electron chi connectivity index (χ2n) is 11.3. The number of aliphatic hydroxyl groups excluding tert-OH is 1. The molecule has 0 amide bonds. The van der Waals surface area contributed by atoms with E-state index in [4.69, 9.17) is 0 Å². The normalized spacial score (nSPS) is 37.9. The molecule has 0 radical (unpaired) electrons. The van der Waals surface area contributed by atoms with Gasteiger partial charge in [0.2, 0.25) is 0 Å². The van der Waals surface area contributed by atoms with Crippen LogP contribution in [0.2, 0.25) is 0 Å². The minimum absolute atomic E-state index is 0.174. The Morgan fingerprint density at radius 1 is 1.07 bits per heavy atom. The van der Waals surface area contributed by atoms with E-state index < -0.39 is 0 Å². The summed E-state index contributed by atoms with van der Waals surface area (Å²) in [6.45, 7) is 16.6. The van der Waals surface area contributed by atoms with Gasteiger partial charge in [-0.05, 0) is 91.9 Å². The van der Waals surface area contributed by atoms with Gasteiger partial charge in [-0.3, -0.25) is 0 Å². The van der Waals surface area contributed by atoms with Crippen LogP contribution >= 0.6 is 0 Å². The fraction of sp³-hybridized carbons (Fsp3) is 0.786. The second-order valence-corrected chi connectivity index (χ2v) is 11.3. The van der Waals surface area contributed by atoms with Crippen LogP contribution in [0.3, 0.4) is 0 Å². The lowest BCUT2D eigenvalue weighted by atomic mass is 9.60. The van der Waals surface area contributed by atoms with Crippen molar-refractivity contribution in [2.75, 3.05) is 0 Å². The topological polar surface area (TPSA) is 20.2 Å². The van der Waals surface area contributed by atoms with Gasteiger partial charge in [0.25, 0.3) is 0 Å². The predicted octanol–water partition coefficient (Wildman–Crippen LogP) is 7.87. The van der Waals surface area contributed by atoms with Gasteiger partial charge in [0.05, 0.1) is 6.10 Å². The summed E-state index contributed by atoms with van der Waals surface area (Å²) in [7, 11) is 0. The molecule has 0 bridgehead atoms. The van der Waals surface area contributed by atoms with Gasteiger partial charge in [0.15, 0.2) is 0 Å². The molecule has 3 saturated carbocycles. The lowest BCUT2D eigenvalue weighted by molar-refractivity contribution is 0.0907. The minimum atomic E-state index is -0.174. The van der Waals surface area contributed by atoms with Gasteiger partial charge >= 0.3 is 0 Å². The Hall–Kier alpha value is -0.820. The Kier molecular flexibility index (Phi) is 7.52. The third kappa shape index (κ3) is 5.09. The molecule has 0 spiro atoms. The molecule has 0 heterocycles. The van der Waals surface area contributed by atoms with Crippen molar-refractivity contribution in [1.29, 1.82) is 0 Å². The molecule has 3 aliphatic rings. The van der Waals surface area contributed by atoms with Crippen molar-refractivity contribution in [3.8, 4) is 0 Å². The standard InChI is InChI=1S/C28H46O/c1-19(2)20(3)9-10-22(5)26-15-16-27-23(8-7-17-28(26,27)6)12-13-24-18-25(29)14-11-21(24)4/h12-13,19-20,22,25-27,29H,4,7-11,14-18H2,1-3,5-6H3/t20-,22?,25+,26-,27+,28-/m1/s1. The Balaban J connectivity index is 1.70. The third-order valence-electron chi connectivity index (χ3n) is 9.13. The van der Waals surface area contributed by atoms with Crippen LogP contribution in [0.25, 0.3) is 0 Å². The van der Waals surface area contributed by atoms with Crippen LogP contribution in [0.5, 0.6) is 0 Å². The first-order valence-electron chi connectivity index (χ1n) is 12.5. The first kappa shape index (κ1) is 22.9. The molecule has 3 aliphatic carbocycles. The summed E-state index contributed by atoms with van der Waals surface area (Å²) in [5.41, 5.74) is 4.70. The molecule has 164 valence electrons. The molecule has 29 heavy (non-hydrogen) atoms. The molecule has 3 rings (SSSR count). The molecule has 1 unspecified atom stereocenters. The average Bonchev–Trinajstić information content (AvgIpc) is 3.04. The molecule has 6 atom stereocenters. The number of fused-ring (bicyclic) bond motifs is 1. The third-order valence-corrected chi connectivity index (χ3v) is 9.13. The number of allylic oxidation sites excluding steroid dienone is 4. The molecule has 0 aliphatic heterocycles. The van der Waals surface area contributed by atoms with Gasteiger partial charge in [-0.25, -0.2) is 0 Å². The van der Waals surface area contributed by atoms with E-state index in [0.29, 0.717) is 5.41 Å². The van der Waals surface area contributed by atoms with Crippen molar-refractivity contribution < 1.29 is 5.11 Å². The van der Waals surface area contributed by atoms with E-state index in [-0.39, 0.29) is 6.10 Å². The van der Waals surface area contributed by atoms with Gasteiger partial charge < -0.3 is 5.11 Å². The van der Waals surface area contributed by atoms with Gasteiger partial charge in [-0.15, -0.1) is 0 Å². The quantitative estimate of drug-likeness (QED) is 0.482. The van der Waals surface area contributed by atoms with Gasteiger partial charge in [0, 0.05) is 0 Å². The maximum atomic E-state index is 10.0. The Labute approximate surface area is 180 Å². The molecule has 0 aromatic heterocycles. The Bertz CT molecular complexity index is 639. The second kappa shape index (κ2) is 9.54. The summed E-state index contributed by atoms with van der Waals surface area (Å²) in [6.07, 6.45) is 16.8. The van der Waals surface area contributed by atoms with Crippen LogP contribution in [0, 0.1) is 35.0 Å². The van der Waals surface area contributed by atoms with E-state index in [9.17, 15) is 5.11 Å².